The van der Waals surface area contributed by atoms with Crippen molar-refractivity contribution in [3.05, 3.63) is 58.6 Å². The van der Waals surface area contributed by atoms with Crippen LogP contribution in [0.25, 0.3) is 0 Å². The smallest absolute Gasteiger partial charge is 0.260 e. The van der Waals surface area contributed by atoms with Crippen LogP contribution in [0, 0.1) is 0 Å². The monoisotopic (exact) mass is 405 g/mol. The van der Waals surface area contributed by atoms with Crippen LogP contribution in [0.1, 0.15) is 17.3 Å². The van der Waals surface area contributed by atoms with Crippen LogP contribution in [0.3, 0.4) is 0 Å². The fraction of sp³-hybridized carbons (Fsp3) is 0.263. The Labute approximate surface area is 155 Å². The van der Waals surface area contributed by atoms with Crippen LogP contribution < -0.4 is 9.47 Å². The van der Waals surface area contributed by atoms with Gasteiger partial charge >= 0.3 is 0 Å². The zero-order valence-electron chi connectivity index (χ0n) is 14.2. The average Bonchev–Trinajstić information content (AvgIpc) is 2.61. The van der Waals surface area contributed by atoms with Gasteiger partial charge in [-0.3, -0.25) is 9.59 Å². The van der Waals surface area contributed by atoms with Crippen molar-refractivity contribution in [1.82, 2.24) is 4.90 Å². The Kier molecular flexibility index (Phi) is 7.01. The number of likely N-dealkylation sites (N-methyl/N-ethyl adjacent to an activating group) is 1. The van der Waals surface area contributed by atoms with Crippen molar-refractivity contribution in [1.29, 1.82) is 0 Å². The topological polar surface area (TPSA) is 55.8 Å². The number of carbonyl (C=O) groups is 2. The summed E-state index contributed by atoms with van der Waals surface area (Å²) in [7, 11) is 1.70. The van der Waals surface area contributed by atoms with E-state index >= 15 is 0 Å². The Balaban J connectivity index is 1.75. The number of carbonyl (C=O) groups excluding carboxylic acids is 2. The number of Topliss-reactive ketones (excluding diaryl/α,β-unsaturated/α-hetero) is 1. The number of rotatable bonds is 8. The maximum atomic E-state index is 12.1. The fourth-order valence-corrected chi connectivity index (χ4v) is 2.28. The third kappa shape index (κ3) is 6.23. The van der Waals surface area contributed by atoms with Gasteiger partial charge in [-0.25, -0.2) is 0 Å². The second-order valence-electron chi connectivity index (χ2n) is 5.49. The lowest BCUT2D eigenvalue weighted by Crippen LogP contribution is -2.34. The molecule has 132 valence electrons. The summed E-state index contributed by atoms with van der Waals surface area (Å²) in [5.41, 5.74) is 0.557. The predicted molar refractivity (Wildman–Crippen MR) is 99.2 cm³/mol. The van der Waals surface area contributed by atoms with Gasteiger partial charge < -0.3 is 14.4 Å². The van der Waals surface area contributed by atoms with Gasteiger partial charge in [-0.05, 0) is 43.3 Å². The molecule has 0 saturated heterocycles. The van der Waals surface area contributed by atoms with E-state index in [4.69, 9.17) is 9.47 Å². The first-order valence-corrected chi connectivity index (χ1v) is 8.61. The number of hydrogen-bond donors (Lipinski definition) is 0. The van der Waals surface area contributed by atoms with E-state index in [1.807, 2.05) is 24.3 Å². The van der Waals surface area contributed by atoms with E-state index in [2.05, 4.69) is 15.9 Å². The highest BCUT2D eigenvalue weighted by Gasteiger charge is 2.10. The molecule has 0 radical (unpaired) electrons. The van der Waals surface area contributed by atoms with Crippen LogP contribution in [0.5, 0.6) is 11.5 Å². The molecule has 1 amide bonds. The maximum absolute atomic E-state index is 12.1. The standard InChI is InChI=1S/C19H20BrNO4/c1-14(22)15-4-3-5-18(12-15)25-13-19(23)21(2)10-11-24-17-8-6-16(20)7-9-17/h3-9,12H,10-11,13H2,1-2H3. The van der Waals surface area contributed by atoms with E-state index in [9.17, 15) is 9.59 Å². The van der Waals surface area contributed by atoms with E-state index in [0.29, 0.717) is 24.5 Å². The second-order valence-corrected chi connectivity index (χ2v) is 6.41. The van der Waals surface area contributed by atoms with Gasteiger partial charge in [0.05, 0.1) is 6.54 Å². The molecule has 5 nitrogen and oxygen atoms in total. The Morgan fingerprint density at radius 2 is 1.76 bits per heavy atom. The second kappa shape index (κ2) is 9.22. The van der Waals surface area contributed by atoms with E-state index in [1.54, 1.807) is 36.2 Å². The molecular formula is C19H20BrNO4. The van der Waals surface area contributed by atoms with Gasteiger partial charge in [-0.2, -0.15) is 0 Å². The zero-order chi connectivity index (χ0) is 18.2. The molecule has 2 aromatic rings. The van der Waals surface area contributed by atoms with Crippen LogP contribution in [0.4, 0.5) is 0 Å². The summed E-state index contributed by atoms with van der Waals surface area (Å²) in [6.45, 7) is 2.25. The number of amides is 1. The van der Waals surface area contributed by atoms with Crippen molar-refractivity contribution in [3.63, 3.8) is 0 Å². The summed E-state index contributed by atoms with van der Waals surface area (Å²) in [6.07, 6.45) is 0. The third-order valence-corrected chi connectivity index (χ3v) is 4.07. The van der Waals surface area contributed by atoms with Crippen LogP contribution in [-0.2, 0) is 4.79 Å². The minimum Gasteiger partial charge on any atom is -0.492 e. The van der Waals surface area contributed by atoms with Gasteiger partial charge in [0.1, 0.15) is 18.1 Å². The molecule has 0 N–H and O–H groups in total. The van der Waals surface area contributed by atoms with Crippen LogP contribution in [-0.4, -0.2) is 43.4 Å². The summed E-state index contributed by atoms with van der Waals surface area (Å²) in [5, 5.41) is 0. The quantitative estimate of drug-likeness (QED) is 0.629. The summed E-state index contributed by atoms with van der Waals surface area (Å²) in [5.74, 6) is 1.05. The van der Waals surface area contributed by atoms with E-state index in [-0.39, 0.29) is 18.3 Å². The Bertz CT molecular complexity index is 730. The minimum absolute atomic E-state index is 0.0426. The molecule has 0 aromatic heterocycles. The van der Waals surface area contributed by atoms with Crippen molar-refractivity contribution in [3.8, 4) is 11.5 Å². The number of ketones is 1. The molecule has 0 unspecified atom stereocenters. The van der Waals surface area contributed by atoms with Gasteiger partial charge in [0.25, 0.3) is 5.91 Å². The molecule has 0 aliphatic heterocycles. The number of nitrogens with zero attached hydrogens (tertiary/aromatic N) is 1. The molecule has 0 aliphatic carbocycles. The lowest BCUT2D eigenvalue weighted by molar-refractivity contribution is -0.132. The average molecular weight is 406 g/mol. The summed E-state index contributed by atoms with van der Waals surface area (Å²) < 4.78 is 12.0. The third-order valence-electron chi connectivity index (χ3n) is 3.54. The molecule has 2 aromatic carbocycles. The van der Waals surface area contributed by atoms with Gasteiger partial charge in [-0.1, -0.05) is 28.1 Å². The molecule has 25 heavy (non-hydrogen) atoms. The predicted octanol–water partition coefficient (Wildman–Crippen LogP) is 3.57. The zero-order valence-corrected chi connectivity index (χ0v) is 15.8. The summed E-state index contributed by atoms with van der Waals surface area (Å²) in [4.78, 5) is 25.0. The summed E-state index contributed by atoms with van der Waals surface area (Å²) >= 11 is 3.36. The molecule has 0 aliphatic rings. The molecule has 0 bridgehead atoms. The lowest BCUT2D eigenvalue weighted by Gasteiger charge is -2.18. The summed E-state index contributed by atoms with van der Waals surface area (Å²) in [6, 6.07) is 14.3. The fourth-order valence-electron chi connectivity index (χ4n) is 2.02. The first-order valence-electron chi connectivity index (χ1n) is 7.82. The van der Waals surface area contributed by atoms with Gasteiger partial charge in [0.2, 0.25) is 0 Å². The van der Waals surface area contributed by atoms with Crippen molar-refractivity contribution < 1.29 is 19.1 Å². The molecule has 6 heteroatoms. The number of benzene rings is 2. The van der Waals surface area contributed by atoms with E-state index < -0.39 is 0 Å². The van der Waals surface area contributed by atoms with E-state index in [1.165, 1.54) is 6.92 Å². The first-order chi connectivity index (χ1) is 12.0. The minimum atomic E-state index is -0.160. The highest BCUT2D eigenvalue weighted by Crippen LogP contribution is 2.16. The highest BCUT2D eigenvalue weighted by molar-refractivity contribution is 9.10. The molecule has 0 fully saturated rings. The lowest BCUT2D eigenvalue weighted by atomic mass is 10.1. The van der Waals surface area contributed by atoms with E-state index in [0.717, 1.165) is 10.2 Å². The number of halogens is 1. The van der Waals surface area contributed by atoms with Gasteiger partial charge in [-0.15, -0.1) is 0 Å². The van der Waals surface area contributed by atoms with Gasteiger partial charge in [0.15, 0.2) is 12.4 Å². The van der Waals surface area contributed by atoms with Gasteiger partial charge in [0, 0.05) is 17.1 Å². The Morgan fingerprint density at radius 3 is 2.44 bits per heavy atom. The molecule has 0 spiro atoms. The van der Waals surface area contributed by atoms with Crippen molar-refractivity contribution in [2.75, 3.05) is 26.8 Å². The van der Waals surface area contributed by atoms with Crippen molar-refractivity contribution in [2.45, 2.75) is 6.92 Å². The number of hydrogen-bond acceptors (Lipinski definition) is 4. The molecule has 0 atom stereocenters. The van der Waals surface area contributed by atoms with Crippen molar-refractivity contribution in [2.24, 2.45) is 0 Å². The van der Waals surface area contributed by atoms with Crippen LogP contribution >= 0.6 is 15.9 Å². The van der Waals surface area contributed by atoms with Crippen LogP contribution in [0.15, 0.2) is 53.0 Å². The number of ether oxygens (including phenoxy) is 2. The first kappa shape index (κ1) is 19.0. The Hall–Kier alpha value is -2.34. The largest absolute Gasteiger partial charge is 0.492 e. The molecule has 0 heterocycles. The highest BCUT2D eigenvalue weighted by atomic mass is 79.9. The normalized spacial score (nSPS) is 10.2. The molecule has 0 saturated carbocycles. The van der Waals surface area contributed by atoms with Crippen LogP contribution in [0.2, 0.25) is 0 Å². The maximum Gasteiger partial charge on any atom is 0.260 e. The molecular weight excluding hydrogens is 386 g/mol. The molecule has 2 rings (SSSR count). The Morgan fingerprint density at radius 1 is 1.04 bits per heavy atom. The van der Waals surface area contributed by atoms with Crippen molar-refractivity contribution >= 4 is 27.6 Å². The SMILES string of the molecule is CC(=O)c1cccc(OCC(=O)N(C)CCOc2ccc(Br)cc2)c1.